The molecule has 0 radical (unpaired) electrons. The lowest BCUT2D eigenvalue weighted by molar-refractivity contribution is -0.117. The summed E-state index contributed by atoms with van der Waals surface area (Å²) in [5.74, 6) is 1.03. The van der Waals surface area contributed by atoms with Gasteiger partial charge in [-0.25, -0.2) is 0 Å². The molecule has 2 aromatic carbocycles. The number of hydrogen-bond acceptors (Lipinski definition) is 4. The van der Waals surface area contributed by atoms with Crippen molar-refractivity contribution < 1.29 is 14.3 Å². The number of hydrogen-bond donors (Lipinski definition) is 1. The van der Waals surface area contributed by atoms with Crippen LogP contribution in [0.15, 0.2) is 54.1 Å². The van der Waals surface area contributed by atoms with E-state index in [0.717, 1.165) is 11.1 Å². The first kappa shape index (κ1) is 20.1. The number of nitrogens with one attached hydrogen (secondary N) is 1. The van der Waals surface area contributed by atoms with E-state index in [9.17, 15) is 10.1 Å². The second-order valence-corrected chi connectivity index (χ2v) is 5.73. The number of carbonyl (C=O) groups excluding carboxylic acids is 1. The molecule has 0 saturated heterocycles. The number of carbonyl (C=O) groups is 1. The molecule has 0 saturated carbocycles. The number of rotatable bonds is 9. The van der Waals surface area contributed by atoms with Gasteiger partial charge < -0.3 is 14.8 Å². The highest BCUT2D eigenvalue weighted by Crippen LogP contribution is 2.28. The van der Waals surface area contributed by atoms with Gasteiger partial charge in [0, 0.05) is 6.54 Å². The van der Waals surface area contributed by atoms with E-state index in [0.29, 0.717) is 37.7 Å². The van der Waals surface area contributed by atoms with Gasteiger partial charge in [0.15, 0.2) is 11.5 Å². The molecule has 1 amide bonds. The Morgan fingerprint density at radius 2 is 1.78 bits per heavy atom. The normalized spacial score (nSPS) is 10.8. The molecule has 2 rings (SSSR count). The minimum absolute atomic E-state index is 0.0860. The summed E-state index contributed by atoms with van der Waals surface area (Å²) in [7, 11) is 0. The predicted molar refractivity (Wildman–Crippen MR) is 106 cm³/mol. The maximum atomic E-state index is 12.2. The third-order valence-electron chi connectivity index (χ3n) is 3.78. The van der Waals surface area contributed by atoms with Gasteiger partial charge in [-0.05, 0) is 49.6 Å². The Balaban J connectivity index is 1.96. The van der Waals surface area contributed by atoms with Crippen LogP contribution in [0.4, 0.5) is 0 Å². The molecule has 0 atom stereocenters. The Kier molecular flexibility index (Phi) is 7.92. The highest BCUT2D eigenvalue weighted by Gasteiger charge is 2.10. The Morgan fingerprint density at radius 3 is 2.44 bits per heavy atom. The molecule has 0 aliphatic heterocycles. The first-order chi connectivity index (χ1) is 13.2. The average Bonchev–Trinajstić information content (AvgIpc) is 2.69. The fourth-order valence-electron chi connectivity index (χ4n) is 2.53. The molecule has 0 heterocycles. The Labute approximate surface area is 160 Å². The molecule has 0 fully saturated rings. The Bertz CT molecular complexity index is 823. The van der Waals surface area contributed by atoms with Crippen molar-refractivity contribution in [2.24, 2.45) is 0 Å². The van der Waals surface area contributed by atoms with Crippen molar-refractivity contribution >= 4 is 12.0 Å². The van der Waals surface area contributed by atoms with E-state index < -0.39 is 0 Å². The number of benzene rings is 2. The summed E-state index contributed by atoms with van der Waals surface area (Å²) in [5, 5.41) is 12.0. The van der Waals surface area contributed by atoms with Gasteiger partial charge in [-0.1, -0.05) is 36.4 Å². The Hall–Kier alpha value is -3.26. The maximum absolute atomic E-state index is 12.2. The lowest BCUT2D eigenvalue weighted by Gasteiger charge is -2.12. The molecule has 0 unspecified atom stereocenters. The van der Waals surface area contributed by atoms with Gasteiger partial charge in [-0.2, -0.15) is 5.26 Å². The zero-order valence-electron chi connectivity index (χ0n) is 15.7. The third-order valence-corrected chi connectivity index (χ3v) is 3.78. The van der Waals surface area contributed by atoms with Gasteiger partial charge in [0.2, 0.25) is 0 Å². The molecule has 0 aliphatic carbocycles. The van der Waals surface area contributed by atoms with Crippen LogP contribution in [0.1, 0.15) is 25.0 Å². The highest BCUT2D eigenvalue weighted by molar-refractivity contribution is 6.01. The number of nitriles is 1. The molecule has 1 N–H and O–H groups in total. The molecule has 0 aromatic heterocycles. The number of amides is 1. The van der Waals surface area contributed by atoms with Crippen molar-refractivity contribution in [1.29, 1.82) is 5.26 Å². The van der Waals surface area contributed by atoms with Crippen molar-refractivity contribution in [3.05, 3.63) is 65.2 Å². The lowest BCUT2D eigenvalue weighted by atomic mass is 10.1. The third kappa shape index (κ3) is 6.19. The fourth-order valence-corrected chi connectivity index (χ4v) is 2.53. The molecule has 0 aliphatic rings. The van der Waals surface area contributed by atoms with E-state index >= 15 is 0 Å². The minimum Gasteiger partial charge on any atom is -0.490 e. The summed E-state index contributed by atoms with van der Waals surface area (Å²) < 4.78 is 11.2. The largest absolute Gasteiger partial charge is 0.490 e. The molecule has 5 nitrogen and oxygen atoms in total. The van der Waals surface area contributed by atoms with Crippen LogP contribution in [-0.2, 0) is 11.2 Å². The summed E-state index contributed by atoms with van der Waals surface area (Å²) in [4.78, 5) is 12.2. The van der Waals surface area contributed by atoms with E-state index in [2.05, 4.69) is 5.32 Å². The number of ether oxygens (including phenoxy) is 2. The van der Waals surface area contributed by atoms with Crippen LogP contribution < -0.4 is 14.8 Å². The quantitative estimate of drug-likeness (QED) is 0.543. The maximum Gasteiger partial charge on any atom is 0.261 e. The zero-order chi connectivity index (χ0) is 19.5. The summed E-state index contributed by atoms with van der Waals surface area (Å²) >= 11 is 0. The van der Waals surface area contributed by atoms with Crippen molar-refractivity contribution in [2.45, 2.75) is 20.3 Å². The van der Waals surface area contributed by atoms with Gasteiger partial charge in [0.1, 0.15) is 11.6 Å². The second kappa shape index (κ2) is 10.7. The van der Waals surface area contributed by atoms with Crippen molar-refractivity contribution in [1.82, 2.24) is 5.32 Å². The molecular formula is C22H24N2O3. The molecule has 5 heteroatoms. The van der Waals surface area contributed by atoms with Crippen molar-refractivity contribution in [3.63, 3.8) is 0 Å². The summed E-state index contributed by atoms with van der Waals surface area (Å²) in [6.07, 6.45) is 2.21. The van der Waals surface area contributed by atoms with E-state index in [1.54, 1.807) is 6.08 Å². The summed E-state index contributed by atoms with van der Waals surface area (Å²) in [5.41, 5.74) is 1.92. The molecule has 0 bridgehead atoms. The predicted octanol–water partition coefficient (Wildman–Crippen LogP) is 3.75. The van der Waals surface area contributed by atoms with Crippen LogP contribution in [0.25, 0.3) is 6.08 Å². The molecule has 27 heavy (non-hydrogen) atoms. The van der Waals surface area contributed by atoms with Crippen LogP contribution in [-0.4, -0.2) is 25.7 Å². The topological polar surface area (TPSA) is 71.3 Å². The molecular weight excluding hydrogens is 340 g/mol. The standard InChI is InChI=1S/C22H24N2O3/c1-3-26-20-11-10-18(15-21(20)27-4-2)12-13-24-22(25)19(16-23)14-17-8-6-5-7-9-17/h5-11,14-15H,3-4,12-13H2,1-2H3,(H,24,25)/b19-14-. The summed E-state index contributed by atoms with van der Waals surface area (Å²) in [6.45, 7) is 5.39. The van der Waals surface area contributed by atoms with Gasteiger partial charge >= 0.3 is 0 Å². The van der Waals surface area contributed by atoms with E-state index in [1.807, 2.05) is 68.4 Å². The second-order valence-electron chi connectivity index (χ2n) is 5.73. The van der Waals surface area contributed by atoms with Crippen LogP contribution in [0.3, 0.4) is 0 Å². The van der Waals surface area contributed by atoms with Crippen LogP contribution in [0, 0.1) is 11.3 Å². The fraction of sp³-hybridized carbons (Fsp3) is 0.273. The van der Waals surface area contributed by atoms with Crippen molar-refractivity contribution in [3.8, 4) is 17.6 Å². The molecule has 2 aromatic rings. The smallest absolute Gasteiger partial charge is 0.261 e. The Morgan fingerprint density at radius 1 is 1.07 bits per heavy atom. The monoisotopic (exact) mass is 364 g/mol. The van der Waals surface area contributed by atoms with E-state index in [4.69, 9.17) is 9.47 Å². The average molecular weight is 364 g/mol. The van der Waals surface area contributed by atoms with Crippen LogP contribution in [0.2, 0.25) is 0 Å². The van der Waals surface area contributed by atoms with Crippen LogP contribution >= 0.6 is 0 Å². The van der Waals surface area contributed by atoms with Gasteiger partial charge in [-0.15, -0.1) is 0 Å². The van der Waals surface area contributed by atoms with E-state index in [1.165, 1.54) is 0 Å². The van der Waals surface area contributed by atoms with Gasteiger partial charge in [-0.3, -0.25) is 4.79 Å². The first-order valence-corrected chi connectivity index (χ1v) is 9.01. The van der Waals surface area contributed by atoms with Gasteiger partial charge in [0.05, 0.1) is 13.2 Å². The SMILES string of the molecule is CCOc1ccc(CCNC(=O)/C(C#N)=C\c2ccccc2)cc1OCC. The number of nitrogens with zero attached hydrogens (tertiary/aromatic N) is 1. The van der Waals surface area contributed by atoms with Crippen LogP contribution in [0.5, 0.6) is 11.5 Å². The van der Waals surface area contributed by atoms with Gasteiger partial charge in [0.25, 0.3) is 5.91 Å². The molecule has 140 valence electrons. The van der Waals surface area contributed by atoms with E-state index in [-0.39, 0.29) is 11.5 Å². The minimum atomic E-state index is -0.377. The highest BCUT2D eigenvalue weighted by atomic mass is 16.5. The first-order valence-electron chi connectivity index (χ1n) is 9.01. The zero-order valence-corrected chi connectivity index (χ0v) is 15.7. The lowest BCUT2D eigenvalue weighted by Crippen LogP contribution is -2.26. The van der Waals surface area contributed by atoms with Crippen molar-refractivity contribution in [2.75, 3.05) is 19.8 Å². The molecule has 0 spiro atoms. The summed E-state index contributed by atoms with van der Waals surface area (Å²) in [6, 6.07) is 17.0.